The van der Waals surface area contributed by atoms with Crippen molar-refractivity contribution in [1.82, 2.24) is 24.8 Å². The number of pyridine rings is 1. The quantitative estimate of drug-likeness (QED) is 0.449. The maximum Gasteiger partial charge on any atom is 0.251 e. The second-order valence-electron chi connectivity index (χ2n) is 7.96. The Morgan fingerprint density at radius 2 is 1.88 bits per heavy atom. The minimum Gasteiger partial charge on any atom is -0.359 e. The number of amides is 1. The van der Waals surface area contributed by atoms with E-state index in [2.05, 4.69) is 37.3 Å². The molecule has 0 saturated heterocycles. The first-order valence-corrected chi connectivity index (χ1v) is 10.7. The summed E-state index contributed by atoms with van der Waals surface area (Å²) in [5, 5.41) is 6.15. The minimum atomic E-state index is -0.0821. The van der Waals surface area contributed by atoms with Gasteiger partial charge in [-0.15, -0.1) is 0 Å². The summed E-state index contributed by atoms with van der Waals surface area (Å²) in [5.74, 6) is 0.707. The van der Waals surface area contributed by atoms with Crippen molar-refractivity contribution in [2.45, 2.75) is 6.54 Å². The van der Waals surface area contributed by atoms with Crippen LogP contribution >= 0.6 is 0 Å². The van der Waals surface area contributed by atoms with E-state index in [0.29, 0.717) is 18.7 Å². The second-order valence-corrected chi connectivity index (χ2v) is 7.96. The van der Waals surface area contributed by atoms with Gasteiger partial charge in [0.15, 0.2) is 0 Å². The van der Waals surface area contributed by atoms with Gasteiger partial charge in [-0.1, -0.05) is 42.5 Å². The second kappa shape index (κ2) is 9.62. The van der Waals surface area contributed by atoms with Gasteiger partial charge in [0.1, 0.15) is 5.52 Å². The number of benzene rings is 2. The van der Waals surface area contributed by atoms with Crippen molar-refractivity contribution in [3.63, 3.8) is 0 Å². The maximum absolute atomic E-state index is 12.5. The average Bonchev–Trinajstić information content (AvgIpc) is 3.16. The van der Waals surface area contributed by atoms with Crippen LogP contribution in [0.15, 0.2) is 66.9 Å². The molecule has 7 nitrogen and oxygen atoms in total. The van der Waals surface area contributed by atoms with E-state index >= 15 is 0 Å². The summed E-state index contributed by atoms with van der Waals surface area (Å²) in [6.45, 7) is 2.10. The van der Waals surface area contributed by atoms with Gasteiger partial charge in [-0.3, -0.25) is 9.78 Å². The largest absolute Gasteiger partial charge is 0.359 e. The van der Waals surface area contributed by atoms with Gasteiger partial charge in [0, 0.05) is 31.3 Å². The van der Waals surface area contributed by atoms with Gasteiger partial charge in [0.25, 0.3) is 5.91 Å². The van der Waals surface area contributed by atoms with E-state index in [1.165, 1.54) is 5.56 Å². The van der Waals surface area contributed by atoms with Crippen LogP contribution in [0.5, 0.6) is 0 Å². The molecule has 4 rings (SSSR count). The molecule has 0 spiro atoms. The highest BCUT2D eigenvalue weighted by Crippen LogP contribution is 2.26. The molecule has 4 aromatic rings. The summed E-state index contributed by atoms with van der Waals surface area (Å²) in [6.07, 6.45) is 1.79. The molecule has 2 N–H and O–H groups in total. The molecule has 0 bridgehead atoms. The van der Waals surface area contributed by atoms with E-state index in [1.54, 1.807) is 6.20 Å². The molecule has 0 unspecified atom stereocenters. The Kier molecular flexibility index (Phi) is 6.47. The number of hydrogen-bond donors (Lipinski definition) is 2. The lowest BCUT2D eigenvalue weighted by molar-refractivity contribution is 0.0951. The van der Waals surface area contributed by atoms with Gasteiger partial charge in [-0.2, -0.15) is 0 Å². The molecular weight excluding hydrogens is 400 g/mol. The van der Waals surface area contributed by atoms with Crippen molar-refractivity contribution in [3.05, 3.63) is 78.0 Å². The number of fused-ring (bicyclic) bond motifs is 1. The number of rotatable bonds is 8. The summed E-state index contributed by atoms with van der Waals surface area (Å²) >= 11 is 0. The number of carbonyl (C=O) groups is 1. The Morgan fingerprint density at radius 3 is 2.62 bits per heavy atom. The predicted molar refractivity (Wildman–Crippen MR) is 129 cm³/mol. The van der Waals surface area contributed by atoms with Crippen molar-refractivity contribution in [2.24, 2.45) is 0 Å². The summed E-state index contributed by atoms with van der Waals surface area (Å²) in [6, 6.07) is 19.9. The van der Waals surface area contributed by atoms with Crippen molar-refractivity contribution < 1.29 is 4.79 Å². The summed E-state index contributed by atoms with van der Waals surface area (Å²) in [5.41, 5.74) is 5.33. The highest BCUT2D eigenvalue weighted by atomic mass is 16.1. The summed E-state index contributed by atoms with van der Waals surface area (Å²) in [7, 11) is 5.84. The molecule has 0 saturated carbocycles. The third-order valence-corrected chi connectivity index (χ3v) is 5.31. The van der Waals surface area contributed by atoms with Crippen LogP contribution in [-0.2, 0) is 6.54 Å². The van der Waals surface area contributed by atoms with Crippen LogP contribution in [0.1, 0.15) is 15.9 Å². The Bertz CT molecular complexity index is 1220. The number of nitrogens with one attached hydrogen (secondary N) is 2. The summed E-state index contributed by atoms with van der Waals surface area (Å²) in [4.78, 5) is 23.9. The highest BCUT2D eigenvalue weighted by molar-refractivity contribution is 5.95. The van der Waals surface area contributed by atoms with E-state index in [4.69, 9.17) is 0 Å². The van der Waals surface area contributed by atoms with Crippen molar-refractivity contribution in [1.29, 1.82) is 0 Å². The Hall–Kier alpha value is -3.71. The molecule has 0 fully saturated rings. The lowest BCUT2D eigenvalue weighted by Crippen LogP contribution is -2.31. The standard InChI is InChI=1S/C25H28N6O/c1-26-25-29-22-16-28-21(15-23(22)31(25)17-18-8-5-4-6-9-18)19-10-7-11-20(14-19)24(32)27-12-13-30(2)3/h4-11,14-16H,12-13,17H2,1-3H3,(H,26,29)(H,27,32). The first-order chi connectivity index (χ1) is 15.5. The Morgan fingerprint density at radius 1 is 1.06 bits per heavy atom. The van der Waals surface area contributed by atoms with Gasteiger partial charge in [0.2, 0.25) is 5.95 Å². The van der Waals surface area contributed by atoms with Gasteiger partial charge >= 0.3 is 0 Å². The smallest absolute Gasteiger partial charge is 0.251 e. The molecule has 2 heterocycles. The molecule has 0 aliphatic carbocycles. The molecule has 0 atom stereocenters. The average molecular weight is 429 g/mol. The molecule has 0 radical (unpaired) electrons. The number of nitrogens with zero attached hydrogens (tertiary/aromatic N) is 4. The maximum atomic E-state index is 12.5. The normalized spacial score (nSPS) is 11.1. The number of likely N-dealkylation sites (N-methyl/N-ethyl adjacent to an activating group) is 1. The molecule has 32 heavy (non-hydrogen) atoms. The zero-order chi connectivity index (χ0) is 22.5. The fourth-order valence-electron chi connectivity index (χ4n) is 3.62. The van der Waals surface area contributed by atoms with Crippen LogP contribution in [0.2, 0.25) is 0 Å². The number of aromatic nitrogens is 3. The zero-order valence-electron chi connectivity index (χ0n) is 18.7. The van der Waals surface area contributed by atoms with Gasteiger partial charge in [0.05, 0.1) is 24.0 Å². The van der Waals surface area contributed by atoms with E-state index in [-0.39, 0.29) is 5.91 Å². The van der Waals surface area contributed by atoms with Crippen LogP contribution in [0.25, 0.3) is 22.3 Å². The van der Waals surface area contributed by atoms with E-state index in [9.17, 15) is 4.79 Å². The van der Waals surface area contributed by atoms with Crippen LogP contribution < -0.4 is 10.6 Å². The summed E-state index contributed by atoms with van der Waals surface area (Å²) < 4.78 is 2.15. The highest BCUT2D eigenvalue weighted by Gasteiger charge is 2.13. The van der Waals surface area contributed by atoms with Gasteiger partial charge < -0.3 is 20.1 Å². The SMILES string of the molecule is CNc1nc2cnc(-c3cccc(C(=O)NCCN(C)C)c3)cc2n1Cc1ccccc1. The molecule has 0 aliphatic rings. The van der Waals surface area contributed by atoms with Crippen LogP contribution in [0.3, 0.4) is 0 Å². The van der Waals surface area contributed by atoms with Crippen LogP contribution in [-0.4, -0.2) is 59.6 Å². The molecule has 2 aromatic carbocycles. The van der Waals surface area contributed by atoms with E-state index < -0.39 is 0 Å². The fourth-order valence-corrected chi connectivity index (χ4v) is 3.62. The molecule has 2 aromatic heterocycles. The number of carbonyl (C=O) groups excluding carboxylic acids is 1. The molecule has 7 heteroatoms. The molecule has 164 valence electrons. The van der Waals surface area contributed by atoms with Gasteiger partial charge in [-0.25, -0.2) is 4.98 Å². The van der Waals surface area contributed by atoms with Crippen molar-refractivity contribution >= 4 is 22.9 Å². The Balaban J connectivity index is 1.65. The van der Waals surface area contributed by atoms with E-state index in [0.717, 1.165) is 34.8 Å². The van der Waals surface area contributed by atoms with Crippen molar-refractivity contribution in [2.75, 3.05) is 39.5 Å². The molecule has 0 aliphatic heterocycles. The predicted octanol–water partition coefficient (Wildman–Crippen LogP) is 3.48. The van der Waals surface area contributed by atoms with Gasteiger partial charge in [-0.05, 0) is 37.9 Å². The monoisotopic (exact) mass is 428 g/mol. The van der Waals surface area contributed by atoms with Crippen LogP contribution in [0.4, 0.5) is 5.95 Å². The fraction of sp³-hybridized carbons (Fsp3) is 0.240. The number of hydrogen-bond acceptors (Lipinski definition) is 5. The Labute approximate surface area is 188 Å². The third-order valence-electron chi connectivity index (χ3n) is 5.31. The third kappa shape index (κ3) is 4.78. The number of anilines is 1. The lowest BCUT2D eigenvalue weighted by atomic mass is 10.1. The first-order valence-electron chi connectivity index (χ1n) is 10.7. The van der Waals surface area contributed by atoms with E-state index in [1.807, 2.05) is 74.6 Å². The minimum absolute atomic E-state index is 0.0821. The first kappa shape index (κ1) is 21.5. The molecular formula is C25H28N6O. The molecule has 1 amide bonds. The number of imidazole rings is 1. The lowest BCUT2D eigenvalue weighted by Gasteiger charge is -2.11. The van der Waals surface area contributed by atoms with Crippen molar-refractivity contribution in [3.8, 4) is 11.3 Å². The zero-order valence-corrected chi connectivity index (χ0v) is 18.7. The van der Waals surface area contributed by atoms with Crippen LogP contribution in [0, 0.1) is 0 Å². The topological polar surface area (TPSA) is 75.1 Å².